The third-order valence-electron chi connectivity index (χ3n) is 7.13. The zero-order valence-corrected chi connectivity index (χ0v) is 24.2. The van der Waals surface area contributed by atoms with E-state index in [1.54, 1.807) is 36.4 Å². The lowest BCUT2D eigenvalue weighted by molar-refractivity contribution is -0.110. The zero-order chi connectivity index (χ0) is 29.0. The van der Waals surface area contributed by atoms with Crippen LogP contribution in [0.3, 0.4) is 0 Å². The molecule has 1 aliphatic rings. The molecule has 0 radical (unpaired) electrons. The van der Waals surface area contributed by atoms with Gasteiger partial charge >= 0.3 is 0 Å². The monoisotopic (exact) mass is 566 g/mol. The van der Waals surface area contributed by atoms with Crippen molar-refractivity contribution < 1.29 is 13.2 Å². The van der Waals surface area contributed by atoms with Crippen LogP contribution in [0.5, 0.6) is 0 Å². The van der Waals surface area contributed by atoms with E-state index in [4.69, 9.17) is 0 Å². The fourth-order valence-electron chi connectivity index (χ4n) is 4.90. The second-order valence-corrected chi connectivity index (χ2v) is 11.9. The van der Waals surface area contributed by atoms with Crippen molar-refractivity contribution in [2.75, 3.05) is 21.9 Å². The first-order chi connectivity index (χ1) is 19.7. The van der Waals surface area contributed by atoms with Gasteiger partial charge in [0.15, 0.2) is 0 Å². The quantitative estimate of drug-likeness (QED) is 0.187. The Kier molecular flexibility index (Phi) is 8.23. The molecule has 0 saturated heterocycles. The number of carbonyl (C=O) groups excluding carboxylic acids is 1. The van der Waals surface area contributed by atoms with Gasteiger partial charge in [-0.05, 0) is 74.0 Å². The molecule has 210 valence electrons. The van der Waals surface area contributed by atoms with Crippen molar-refractivity contribution in [3.05, 3.63) is 120 Å². The van der Waals surface area contributed by atoms with Gasteiger partial charge in [-0.1, -0.05) is 67.6 Å². The van der Waals surface area contributed by atoms with Crippen LogP contribution in [0, 0.1) is 0 Å². The molecule has 0 saturated carbocycles. The Morgan fingerprint density at radius 1 is 0.854 bits per heavy atom. The number of hydrogen-bond acceptors (Lipinski definition) is 5. The van der Waals surface area contributed by atoms with Crippen molar-refractivity contribution >= 4 is 44.3 Å². The number of carbonyl (C=O) groups is 1. The number of benzene rings is 4. The van der Waals surface area contributed by atoms with Gasteiger partial charge in [0, 0.05) is 35.2 Å². The summed E-state index contributed by atoms with van der Waals surface area (Å²) in [7, 11) is -3.88. The Labute approximate surface area is 242 Å². The molecule has 4 aromatic rings. The van der Waals surface area contributed by atoms with E-state index < -0.39 is 10.0 Å². The maximum atomic E-state index is 13.4. The van der Waals surface area contributed by atoms with Crippen LogP contribution in [0.25, 0.3) is 11.3 Å². The van der Waals surface area contributed by atoms with Crippen molar-refractivity contribution in [3.63, 3.8) is 0 Å². The SMILES string of the molecule is CCN(Cc1ccc(NC(=C2C(=O)Nc3ccc(S(=O)(=O)Nc4ccccc4)cc32)c2ccccc2)cc1)C(C)C. The molecule has 3 N–H and O–H groups in total. The minimum atomic E-state index is -3.88. The lowest BCUT2D eigenvalue weighted by Gasteiger charge is -2.24. The number of amides is 1. The number of sulfonamides is 1. The summed E-state index contributed by atoms with van der Waals surface area (Å²) < 4.78 is 29.1. The number of para-hydroxylation sites is 1. The zero-order valence-electron chi connectivity index (χ0n) is 23.4. The van der Waals surface area contributed by atoms with Crippen LogP contribution in [-0.4, -0.2) is 31.8 Å². The van der Waals surface area contributed by atoms with Gasteiger partial charge in [0.2, 0.25) is 0 Å². The molecular formula is C33H34N4O3S. The van der Waals surface area contributed by atoms with Crippen LogP contribution in [0.4, 0.5) is 17.1 Å². The summed E-state index contributed by atoms with van der Waals surface area (Å²) >= 11 is 0. The fraction of sp³-hybridized carbons (Fsp3) is 0.182. The van der Waals surface area contributed by atoms with Gasteiger partial charge in [-0.2, -0.15) is 0 Å². The standard InChI is InChI=1S/C33H34N4O3S/c1-4-37(23(2)3)22-24-15-17-26(18-16-24)34-32(25-11-7-5-8-12-25)31-29-21-28(19-20-30(29)35-33(31)38)41(39,40)36-27-13-9-6-10-14-27/h5-21,23,34,36H,4,22H2,1-3H3,(H,35,38). The number of rotatable bonds is 10. The molecule has 0 spiro atoms. The predicted octanol–water partition coefficient (Wildman–Crippen LogP) is 6.65. The summed E-state index contributed by atoms with van der Waals surface area (Å²) in [6, 6.07) is 31.6. The summed E-state index contributed by atoms with van der Waals surface area (Å²) in [4.78, 5) is 15.8. The Morgan fingerprint density at radius 3 is 2.15 bits per heavy atom. The molecule has 5 rings (SSSR count). The van der Waals surface area contributed by atoms with Crippen molar-refractivity contribution in [2.45, 2.75) is 38.3 Å². The Hall–Kier alpha value is -4.40. The van der Waals surface area contributed by atoms with Gasteiger partial charge in [0.1, 0.15) is 0 Å². The van der Waals surface area contributed by atoms with Gasteiger partial charge in [-0.3, -0.25) is 14.4 Å². The van der Waals surface area contributed by atoms with Gasteiger partial charge in [-0.15, -0.1) is 0 Å². The molecule has 0 unspecified atom stereocenters. The summed E-state index contributed by atoms with van der Waals surface area (Å²) in [5.74, 6) is -0.302. The summed E-state index contributed by atoms with van der Waals surface area (Å²) in [5, 5.41) is 6.37. The minimum Gasteiger partial charge on any atom is -0.354 e. The van der Waals surface area contributed by atoms with E-state index >= 15 is 0 Å². The van der Waals surface area contributed by atoms with E-state index in [2.05, 4.69) is 53.2 Å². The van der Waals surface area contributed by atoms with E-state index in [0.29, 0.717) is 34.3 Å². The van der Waals surface area contributed by atoms with Crippen LogP contribution < -0.4 is 15.4 Å². The van der Waals surface area contributed by atoms with Crippen LogP contribution in [0.15, 0.2) is 108 Å². The lowest BCUT2D eigenvalue weighted by atomic mass is 10.00. The summed E-state index contributed by atoms with van der Waals surface area (Å²) in [6.45, 7) is 8.36. The van der Waals surface area contributed by atoms with Crippen LogP contribution in [0.1, 0.15) is 37.5 Å². The number of fused-ring (bicyclic) bond motifs is 1. The van der Waals surface area contributed by atoms with Crippen molar-refractivity contribution in [3.8, 4) is 0 Å². The molecule has 1 amide bonds. The topological polar surface area (TPSA) is 90.5 Å². The highest BCUT2D eigenvalue weighted by Crippen LogP contribution is 2.39. The Bertz CT molecular complexity index is 1670. The van der Waals surface area contributed by atoms with E-state index in [-0.39, 0.29) is 10.8 Å². The normalized spacial score (nSPS) is 14.1. The molecular weight excluding hydrogens is 532 g/mol. The summed E-state index contributed by atoms with van der Waals surface area (Å²) in [5.41, 5.74) is 5.34. The highest BCUT2D eigenvalue weighted by Gasteiger charge is 2.30. The maximum absolute atomic E-state index is 13.4. The first-order valence-corrected chi connectivity index (χ1v) is 15.2. The molecule has 8 heteroatoms. The van der Waals surface area contributed by atoms with Crippen molar-refractivity contribution in [1.29, 1.82) is 0 Å². The molecule has 1 aliphatic heterocycles. The molecule has 0 atom stereocenters. The Balaban J connectivity index is 1.53. The molecule has 0 bridgehead atoms. The molecule has 41 heavy (non-hydrogen) atoms. The van der Waals surface area contributed by atoms with E-state index in [0.717, 1.165) is 24.3 Å². The van der Waals surface area contributed by atoms with Gasteiger partial charge in [0.05, 0.1) is 16.2 Å². The van der Waals surface area contributed by atoms with Crippen LogP contribution >= 0.6 is 0 Å². The highest BCUT2D eigenvalue weighted by molar-refractivity contribution is 7.92. The predicted molar refractivity (Wildman–Crippen MR) is 167 cm³/mol. The van der Waals surface area contributed by atoms with E-state index in [9.17, 15) is 13.2 Å². The number of nitrogens with zero attached hydrogens (tertiary/aromatic N) is 1. The lowest BCUT2D eigenvalue weighted by Crippen LogP contribution is -2.29. The van der Waals surface area contributed by atoms with Crippen LogP contribution in [0.2, 0.25) is 0 Å². The van der Waals surface area contributed by atoms with Crippen molar-refractivity contribution in [2.24, 2.45) is 0 Å². The molecule has 1 heterocycles. The number of nitrogens with one attached hydrogen (secondary N) is 3. The van der Waals surface area contributed by atoms with Gasteiger partial charge < -0.3 is 10.6 Å². The number of hydrogen-bond donors (Lipinski definition) is 3. The molecule has 4 aromatic carbocycles. The van der Waals surface area contributed by atoms with Crippen molar-refractivity contribution in [1.82, 2.24) is 4.90 Å². The van der Waals surface area contributed by atoms with E-state index in [1.807, 2.05) is 48.5 Å². The maximum Gasteiger partial charge on any atom is 0.261 e. The smallest absolute Gasteiger partial charge is 0.261 e. The highest BCUT2D eigenvalue weighted by atomic mass is 32.2. The third-order valence-corrected chi connectivity index (χ3v) is 8.51. The fourth-order valence-corrected chi connectivity index (χ4v) is 5.98. The minimum absolute atomic E-state index is 0.0662. The number of anilines is 3. The summed E-state index contributed by atoms with van der Waals surface area (Å²) in [6.07, 6.45) is 0. The average molecular weight is 567 g/mol. The largest absolute Gasteiger partial charge is 0.354 e. The first kappa shape index (κ1) is 28.1. The molecule has 0 fully saturated rings. The Morgan fingerprint density at radius 2 is 1.51 bits per heavy atom. The van der Waals surface area contributed by atoms with Gasteiger partial charge in [-0.25, -0.2) is 8.42 Å². The molecule has 7 nitrogen and oxygen atoms in total. The second kappa shape index (κ2) is 12.0. The van der Waals surface area contributed by atoms with Crippen LogP contribution in [-0.2, 0) is 21.4 Å². The first-order valence-electron chi connectivity index (χ1n) is 13.7. The second-order valence-electron chi connectivity index (χ2n) is 10.2. The molecule has 0 aromatic heterocycles. The van der Waals surface area contributed by atoms with Gasteiger partial charge in [0.25, 0.3) is 15.9 Å². The third kappa shape index (κ3) is 6.34. The van der Waals surface area contributed by atoms with E-state index in [1.165, 1.54) is 11.6 Å². The molecule has 0 aliphatic carbocycles. The average Bonchev–Trinajstić information content (AvgIpc) is 3.30.